The average Bonchev–Trinajstić information content (AvgIpc) is 2.82. The van der Waals surface area contributed by atoms with E-state index < -0.39 is 36.1 Å². The van der Waals surface area contributed by atoms with Crippen LogP contribution in [0.2, 0.25) is 0 Å². The Morgan fingerprint density at radius 2 is 1.17 bits per heavy atom. The minimum absolute atomic E-state index is 0.437. The predicted octanol–water partition coefficient (Wildman–Crippen LogP) is 4.95. The molecule has 3 aromatic carbocycles. The van der Waals surface area contributed by atoms with E-state index in [9.17, 15) is 15.0 Å². The van der Waals surface area contributed by atoms with Crippen LogP contribution in [0.1, 0.15) is 47.5 Å². The van der Waals surface area contributed by atoms with Crippen molar-refractivity contribution >= 4 is 5.97 Å². The minimum atomic E-state index is -0.894. The fraction of sp³-hybridized carbons (Fsp3) is 0.269. The first kappa shape index (κ1) is 21.8. The smallest absolute Gasteiger partial charge is 0.338 e. The molecule has 2 N–H and O–H groups in total. The van der Waals surface area contributed by atoms with Gasteiger partial charge < -0.3 is 14.9 Å². The third-order valence-corrected chi connectivity index (χ3v) is 5.57. The monoisotopic (exact) mass is 404 g/mol. The minimum Gasteiger partial charge on any atom is -0.454 e. The van der Waals surface area contributed by atoms with Crippen molar-refractivity contribution in [3.63, 3.8) is 0 Å². The molecule has 0 aliphatic heterocycles. The van der Waals surface area contributed by atoms with Gasteiger partial charge in [0.1, 0.15) is 6.10 Å². The van der Waals surface area contributed by atoms with Crippen LogP contribution in [0.4, 0.5) is 0 Å². The van der Waals surface area contributed by atoms with Gasteiger partial charge in [0, 0.05) is 11.8 Å². The fourth-order valence-electron chi connectivity index (χ4n) is 3.68. The van der Waals surface area contributed by atoms with Crippen molar-refractivity contribution in [3.05, 3.63) is 108 Å². The summed E-state index contributed by atoms with van der Waals surface area (Å²) in [6, 6.07) is 27.5. The number of ether oxygens (including phenoxy) is 1. The van der Waals surface area contributed by atoms with Crippen LogP contribution in [-0.2, 0) is 4.74 Å². The first-order valence-electron chi connectivity index (χ1n) is 10.2. The summed E-state index contributed by atoms with van der Waals surface area (Å²) in [5, 5.41) is 21.8. The molecular weight excluding hydrogens is 376 g/mol. The van der Waals surface area contributed by atoms with Crippen molar-refractivity contribution < 1.29 is 19.7 Å². The first-order chi connectivity index (χ1) is 14.5. The molecule has 3 rings (SSSR count). The molecule has 0 spiro atoms. The zero-order valence-corrected chi connectivity index (χ0v) is 17.3. The highest BCUT2D eigenvalue weighted by atomic mass is 16.5. The molecule has 0 fully saturated rings. The summed E-state index contributed by atoms with van der Waals surface area (Å²) in [5.74, 6) is -1.34. The maximum Gasteiger partial charge on any atom is 0.338 e. The van der Waals surface area contributed by atoms with E-state index in [1.54, 1.807) is 31.2 Å². The Morgan fingerprint density at radius 3 is 1.70 bits per heavy atom. The number of aliphatic hydroxyl groups excluding tert-OH is 2. The van der Waals surface area contributed by atoms with Crippen LogP contribution in [0.15, 0.2) is 91.0 Å². The van der Waals surface area contributed by atoms with E-state index in [2.05, 4.69) is 0 Å². The van der Waals surface area contributed by atoms with Crippen molar-refractivity contribution in [2.24, 2.45) is 11.8 Å². The number of esters is 1. The highest BCUT2D eigenvalue weighted by Crippen LogP contribution is 2.35. The van der Waals surface area contributed by atoms with Gasteiger partial charge in [0.05, 0.1) is 17.8 Å². The van der Waals surface area contributed by atoms with Gasteiger partial charge in [0.2, 0.25) is 0 Å². The summed E-state index contributed by atoms with van der Waals surface area (Å²) < 4.78 is 5.86. The largest absolute Gasteiger partial charge is 0.454 e. The second-order valence-corrected chi connectivity index (χ2v) is 7.67. The van der Waals surface area contributed by atoms with Gasteiger partial charge in [-0.25, -0.2) is 4.79 Å². The maximum absolute atomic E-state index is 12.7. The Kier molecular flexibility index (Phi) is 7.39. The molecule has 4 heteroatoms. The summed E-state index contributed by atoms with van der Waals surface area (Å²) in [4.78, 5) is 12.7. The molecule has 0 bridgehead atoms. The van der Waals surface area contributed by atoms with Gasteiger partial charge in [0.15, 0.2) is 0 Å². The van der Waals surface area contributed by atoms with Crippen LogP contribution in [-0.4, -0.2) is 22.3 Å². The van der Waals surface area contributed by atoms with Gasteiger partial charge >= 0.3 is 5.97 Å². The molecular formula is C26H28O4. The summed E-state index contributed by atoms with van der Waals surface area (Å²) in [6.07, 6.45) is -2.38. The average molecular weight is 405 g/mol. The number of hydrogen-bond donors (Lipinski definition) is 2. The Balaban J connectivity index is 1.82. The lowest BCUT2D eigenvalue weighted by atomic mass is 9.82. The SMILES string of the molecule is C[C@H]([C@@H](O)[C@H](C)[C@H](O)c1ccccc1)[C@H](OC(=O)c1ccccc1)c1ccccc1. The molecule has 30 heavy (non-hydrogen) atoms. The number of rotatable bonds is 8. The van der Waals surface area contributed by atoms with Crippen molar-refractivity contribution in [2.45, 2.75) is 32.2 Å². The molecule has 0 aliphatic carbocycles. The van der Waals surface area contributed by atoms with Crippen molar-refractivity contribution in [1.82, 2.24) is 0 Å². The highest BCUT2D eigenvalue weighted by molar-refractivity contribution is 5.89. The van der Waals surface area contributed by atoms with Crippen molar-refractivity contribution in [1.29, 1.82) is 0 Å². The van der Waals surface area contributed by atoms with Gasteiger partial charge in [-0.05, 0) is 23.3 Å². The second kappa shape index (κ2) is 10.2. The van der Waals surface area contributed by atoms with Crippen LogP contribution in [0, 0.1) is 11.8 Å². The second-order valence-electron chi connectivity index (χ2n) is 7.67. The molecule has 0 aromatic heterocycles. The van der Waals surface area contributed by atoms with Gasteiger partial charge in [-0.1, -0.05) is 92.7 Å². The summed E-state index contributed by atoms with van der Waals surface area (Å²) in [7, 11) is 0. The molecule has 0 radical (unpaired) electrons. The Bertz CT molecular complexity index is 912. The zero-order valence-electron chi connectivity index (χ0n) is 17.3. The molecule has 0 unspecified atom stereocenters. The number of carbonyl (C=O) groups is 1. The van der Waals surface area contributed by atoms with Crippen LogP contribution in [0.5, 0.6) is 0 Å². The van der Waals surface area contributed by atoms with Gasteiger partial charge in [-0.15, -0.1) is 0 Å². The van der Waals surface area contributed by atoms with E-state index in [1.165, 1.54) is 0 Å². The topological polar surface area (TPSA) is 66.8 Å². The third-order valence-electron chi connectivity index (χ3n) is 5.57. The van der Waals surface area contributed by atoms with Crippen LogP contribution >= 0.6 is 0 Å². The van der Waals surface area contributed by atoms with Crippen LogP contribution in [0.25, 0.3) is 0 Å². The third kappa shape index (κ3) is 5.15. The molecule has 5 atom stereocenters. The van der Waals surface area contributed by atoms with E-state index in [4.69, 9.17) is 4.74 Å². The highest BCUT2D eigenvalue weighted by Gasteiger charge is 2.35. The lowest BCUT2D eigenvalue weighted by molar-refractivity contribution is -0.0552. The molecule has 0 heterocycles. The Labute approximate surface area is 177 Å². The predicted molar refractivity (Wildman–Crippen MR) is 117 cm³/mol. The molecule has 0 saturated carbocycles. The first-order valence-corrected chi connectivity index (χ1v) is 10.2. The van der Waals surface area contributed by atoms with E-state index >= 15 is 0 Å². The lowest BCUT2D eigenvalue weighted by Crippen LogP contribution is -2.35. The van der Waals surface area contributed by atoms with E-state index in [1.807, 2.05) is 73.7 Å². The number of benzene rings is 3. The maximum atomic E-state index is 12.7. The molecule has 156 valence electrons. The van der Waals surface area contributed by atoms with Gasteiger partial charge in [-0.2, -0.15) is 0 Å². The molecule has 0 aliphatic rings. The lowest BCUT2D eigenvalue weighted by Gasteiger charge is -2.33. The van der Waals surface area contributed by atoms with Crippen LogP contribution < -0.4 is 0 Å². The Hall–Kier alpha value is -2.95. The van der Waals surface area contributed by atoms with Crippen molar-refractivity contribution in [2.75, 3.05) is 0 Å². The number of hydrogen-bond acceptors (Lipinski definition) is 4. The van der Waals surface area contributed by atoms with E-state index in [-0.39, 0.29) is 0 Å². The standard InChI is InChI=1S/C26H28O4/c1-18(24(28)20-12-6-3-7-13-20)23(27)19(2)25(21-14-8-4-9-15-21)30-26(29)22-16-10-5-11-17-22/h3-19,23-25,27-28H,1-2H3/t18-,19+,23-,24-,25-/m0/s1. The summed E-state index contributed by atoms with van der Waals surface area (Å²) >= 11 is 0. The van der Waals surface area contributed by atoms with Crippen molar-refractivity contribution in [3.8, 4) is 0 Å². The summed E-state index contributed by atoms with van der Waals surface area (Å²) in [5.41, 5.74) is 2.00. The van der Waals surface area contributed by atoms with Crippen LogP contribution in [0.3, 0.4) is 0 Å². The van der Waals surface area contributed by atoms with E-state index in [0.717, 1.165) is 11.1 Å². The molecule has 0 saturated heterocycles. The van der Waals surface area contributed by atoms with E-state index in [0.29, 0.717) is 5.56 Å². The normalized spacial score (nSPS) is 16.1. The quantitative estimate of drug-likeness (QED) is 0.521. The summed E-state index contributed by atoms with van der Waals surface area (Å²) in [6.45, 7) is 3.65. The number of carbonyl (C=O) groups excluding carboxylic acids is 1. The van der Waals surface area contributed by atoms with Gasteiger partial charge in [-0.3, -0.25) is 0 Å². The fourth-order valence-corrected chi connectivity index (χ4v) is 3.68. The number of aliphatic hydroxyl groups is 2. The molecule has 0 amide bonds. The Morgan fingerprint density at radius 1 is 0.700 bits per heavy atom. The van der Waals surface area contributed by atoms with Gasteiger partial charge in [0.25, 0.3) is 0 Å². The zero-order chi connectivity index (χ0) is 21.5. The molecule has 3 aromatic rings. The molecule has 4 nitrogen and oxygen atoms in total.